The van der Waals surface area contributed by atoms with E-state index in [4.69, 9.17) is 4.74 Å². The first kappa shape index (κ1) is 14.2. The Labute approximate surface area is 116 Å². The SMILES string of the molecule is COC(=O)c1cnc(NC(C)CN2CCOCC2)s1. The average Bonchev–Trinajstić information content (AvgIpc) is 2.87. The van der Waals surface area contributed by atoms with Crippen LogP contribution in [0.15, 0.2) is 6.20 Å². The first-order valence-corrected chi connectivity index (χ1v) is 7.11. The molecule has 2 heterocycles. The van der Waals surface area contributed by atoms with E-state index >= 15 is 0 Å². The van der Waals surface area contributed by atoms with Gasteiger partial charge in [0.1, 0.15) is 4.88 Å². The van der Waals surface area contributed by atoms with E-state index in [0.29, 0.717) is 4.88 Å². The molecule has 1 aromatic rings. The van der Waals surface area contributed by atoms with Crippen LogP contribution in [-0.4, -0.2) is 61.9 Å². The zero-order valence-corrected chi connectivity index (χ0v) is 12.0. The number of carbonyl (C=O) groups is 1. The molecule has 7 heteroatoms. The zero-order valence-electron chi connectivity index (χ0n) is 11.2. The lowest BCUT2D eigenvalue weighted by atomic mass is 10.3. The summed E-state index contributed by atoms with van der Waals surface area (Å²) < 4.78 is 9.98. The number of morpholine rings is 1. The summed E-state index contributed by atoms with van der Waals surface area (Å²) in [4.78, 5) is 18.4. The number of methoxy groups -OCH3 is 1. The van der Waals surface area contributed by atoms with Gasteiger partial charge in [0.25, 0.3) is 0 Å². The molecule has 2 rings (SSSR count). The van der Waals surface area contributed by atoms with Crippen molar-refractivity contribution in [3.63, 3.8) is 0 Å². The molecular formula is C12H19N3O3S. The normalized spacial score (nSPS) is 18.0. The van der Waals surface area contributed by atoms with Gasteiger partial charge in [-0.1, -0.05) is 11.3 Å². The van der Waals surface area contributed by atoms with Gasteiger partial charge >= 0.3 is 5.97 Å². The summed E-state index contributed by atoms with van der Waals surface area (Å²) >= 11 is 1.32. The molecule has 1 aromatic heterocycles. The van der Waals surface area contributed by atoms with Crippen LogP contribution in [0.4, 0.5) is 5.13 Å². The molecule has 1 aliphatic rings. The van der Waals surface area contributed by atoms with E-state index in [1.54, 1.807) is 6.20 Å². The van der Waals surface area contributed by atoms with Crippen LogP contribution in [0.1, 0.15) is 16.6 Å². The molecule has 1 fully saturated rings. The number of ether oxygens (including phenoxy) is 2. The second-order valence-electron chi connectivity index (χ2n) is 4.48. The number of rotatable bonds is 5. The van der Waals surface area contributed by atoms with Crippen LogP contribution in [0.5, 0.6) is 0 Å². The van der Waals surface area contributed by atoms with Gasteiger partial charge in [0.2, 0.25) is 0 Å². The Hall–Kier alpha value is -1.18. The molecule has 106 valence electrons. The highest BCUT2D eigenvalue weighted by molar-refractivity contribution is 7.17. The largest absolute Gasteiger partial charge is 0.465 e. The fourth-order valence-corrected chi connectivity index (χ4v) is 2.81. The lowest BCUT2D eigenvalue weighted by Crippen LogP contribution is -2.42. The smallest absolute Gasteiger partial charge is 0.349 e. The number of anilines is 1. The van der Waals surface area contributed by atoms with E-state index in [1.165, 1.54) is 18.4 Å². The zero-order chi connectivity index (χ0) is 13.7. The summed E-state index contributed by atoms with van der Waals surface area (Å²) in [6, 6.07) is 0.273. The van der Waals surface area contributed by atoms with Crippen molar-refractivity contribution in [3.05, 3.63) is 11.1 Å². The minimum atomic E-state index is -0.341. The van der Waals surface area contributed by atoms with Gasteiger partial charge in [0.05, 0.1) is 26.5 Å². The molecule has 6 nitrogen and oxygen atoms in total. The maximum absolute atomic E-state index is 11.3. The lowest BCUT2D eigenvalue weighted by Gasteiger charge is -2.29. The Balaban J connectivity index is 1.82. The van der Waals surface area contributed by atoms with Crippen molar-refractivity contribution in [1.82, 2.24) is 9.88 Å². The number of aromatic nitrogens is 1. The third-order valence-corrected chi connectivity index (χ3v) is 3.81. The molecule has 19 heavy (non-hydrogen) atoms. The molecule has 0 spiro atoms. The molecule has 0 amide bonds. The quantitative estimate of drug-likeness (QED) is 0.816. The summed E-state index contributed by atoms with van der Waals surface area (Å²) in [5.74, 6) is -0.341. The third kappa shape index (κ3) is 4.15. The highest BCUT2D eigenvalue weighted by atomic mass is 32.1. The van der Waals surface area contributed by atoms with Crippen molar-refractivity contribution < 1.29 is 14.3 Å². The number of nitrogens with zero attached hydrogens (tertiary/aromatic N) is 2. The number of thiazole rings is 1. The molecule has 1 atom stereocenters. The van der Waals surface area contributed by atoms with E-state index in [2.05, 4.69) is 26.9 Å². The highest BCUT2D eigenvalue weighted by Gasteiger charge is 2.15. The standard InChI is InChI=1S/C12H19N3O3S/c1-9(8-15-3-5-18-6-4-15)14-12-13-7-10(19-12)11(16)17-2/h7,9H,3-6,8H2,1-2H3,(H,13,14). The summed E-state index contributed by atoms with van der Waals surface area (Å²) in [5.41, 5.74) is 0. The molecule has 1 saturated heterocycles. The molecule has 0 saturated carbocycles. The molecule has 1 N–H and O–H groups in total. The van der Waals surface area contributed by atoms with E-state index < -0.39 is 0 Å². The number of nitrogens with one attached hydrogen (secondary N) is 1. The Morgan fingerprint density at radius 2 is 2.37 bits per heavy atom. The van der Waals surface area contributed by atoms with Crippen LogP contribution in [0.3, 0.4) is 0 Å². The lowest BCUT2D eigenvalue weighted by molar-refractivity contribution is 0.0368. The topological polar surface area (TPSA) is 63.7 Å². The maximum atomic E-state index is 11.3. The van der Waals surface area contributed by atoms with E-state index in [1.807, 2.05) is 0 Å². The van der Waals surface area contributed by atoms with Crippen molar-refractivity contribution in [2.24, 2.45) is 0 Å². The summed E-state index contributed by atoms with van der Waals surface area (Å²) in [6.45, 7) is 6.59. The number of hydrogen-bond donors (Lipinski definition) is 1. The predicted octanol–water partition coefficient (Wildman–Crippen LogP) is 1.06. The number of hydrogen-bond acceptors (Lipinski definition) is 7. The van der Waals surface area contributed by atoms with Gasteiger partial charge in [-0.15, -0.1) is 0 Å². The van der Waals surface area contributed by atoms with Crippen molar-refractivity contribution in [2.75, 3.05) is 45.3 Å². The van der Waals surface area contributed by atoms with Gasteiger partial charge in [-0.05, 0) is 6.92 Å². The molecular weight excluding hydrogens is 266 g/mol. The molecule has 0 bridgehead atoms. The van der Waals surface area contributed by atoms with Gasteiger partial charge in [-0.3, -0.25) is 4.90 Å². The summed E-state index contributed by atoms with van der Waals surface area (Å²) in [5, 5.41) is 4.06. The summed E-state index contributed by atoms with van der Waals surface area (Å²) in [7, 11) is 1.37. The van der Waals surface area contributed by atoms with Crippen LogP contribution in [0.25, 0.3) is 0 Å². The van der Waals surface area contributed by atoms with Gasteiger partial charge in [-0.2, -0.15) is 0 Å². The first-order valence-electron chi connectivity index (χ1n) is 6.30. The van der Waals surface area contributed by atoms with Gasteiger partial charge in [0.15, 0.2) is 5.13 Å². The number of carbonyl (C=O) groups excluding carboxylic acids is 1. The van der Waals surface area contributed by atoms with E-state index in [0.717, 1.165) is 38.0 Å². The van der Waals surface area contributed by atoms with Crippen LogP contribution in [-0.2, 0) is 9.47 Å². The molecule has 1 unspecified atom stereocenters. The van der Waals surface area contributed by atoms with Crippen LogP contribution in [0.2, 0.25) is 0 Å². The fourth-order valence-electron chi connectivity index (χ4n) is 1.96. The average molecular weight is 285 g/mol. The molecule has 1 aliphatic heterocycles. The van der Waals surface area contributed by atoms with Gasteiger partial charge in [0, 0.05) is 25.7 Å². The second-order valence-corrected chi connectivity index (χ2v) is 5.51. The number of esters is 1. The van der Waals surface area contributed by atoms with Crippen molar-refractivity contribution in [3.8, 4) is 0 Å². The maximum Gasteiger partial charge on any atom is 0.349 e. The molecule has 0 radical (unpaired) electrons. The van der Waals surface area contributed by atoms with Crippen molar-refractivity contribution in [1.29, 1.82) is 0 Å². The van der Waals surface area contributed by atoms with E-state index in [-0.39, 0.29) is 12.0 Å². The molecule has 0 aromatic carbocycles. The van der Waals surface area contributed by atoms with Crippen LogP contribution < -0.4 is 5.32 Å². The second kappa shape index (κ2) is 6.83. The first-order chi connectivity index (χ1) is 9.19. The Bertz CT molecular complexity index is 418. The van der Waals surface area contributed by atoms with Crippen molar-refractivity contribution in [2.45, 2.75) is 13.0 Å². The Kier molecular flexibility index (Phi) is 5.12. The van der Waals surface area contributed by atoms with E-state index in [9.17, 15) is 4.79 Å². The third-order valence-electron chi connectivity index (χ3n) is 2.90. The highest BCUT2D eigenvalue weighted by Crippen LogP contribution is 2.19. The van der Waals surface area contributed by atoms with Crippen molar-refractivity contribution >= 4 is 22.4 Å². The molecule has 0 aliphatic carbocycles. The minimum Gasteiger partial charge on any atom is -0.465 e. The van der Waals surface area contributed by atoms with Crippen LogP contribution in [0, 0.1) is 0 Å². The van der Waals surface area contributed by atoms with Crippen LogP contribution >= 0.6 is 11.3 Å². The Morgan fingerprint density at radius 3 is 3.05 bits per heavy atom. The monoisotopic (exact) mass is 285 g/mol. The predicted molar refractivity (Wildman–Crippen MR) is 73.8 cm³/mol. The van der Waals surface area contributed by atoms with Gasteiger partial charge < -0.3 is 14.8 Å². The Morgan fingerprint density at radius 1 is 1.63 bits per heavy atom. The summed E-state index contributed by atoms with van der Waals surface area (Å²) in [6.07, 6.45) is 1.54. The van der Waals surface area contributed by atoms with Gasteiger partial charge in [-0.25, -0.2) is 9.78 Å². The fraction of sp³-hybridized carbons (Fsp3) is 0.667. The minimum absolute atomic E-state index is 0.273.